The van der Waals surface area contributed by atoms with Crippen molar-refractivity contribution in [2.24, 2.45) is 0 Å². The predicted molar refractivity (Wildman–Crippen MR) is 129 cm³/mol. The van der Waals surface area contributed by atoms with Crippen LogP contribution in [0.25, 0.3) is 0 Å². The predicted octanol–water partition coefficient (Wildman–Crippen LogP) is 4.57. The number of methoxy groups -OCH3 is 2. The molecule has 2 amide bonds. The van der Waals surface area contributed by atoms with E-state index in [4.69, 9.17) is 9.47 Å². The Bertz CT molecular complexity index is 1320. The maximum Gasteiger partial charge on any atom is 0.268 e. The summed E-state index contributed by atoms with van der Waals surface area (Å²) in [5.41, 5.74) is 2.10. The number of anilines is 1. The van der Waals surface area contributed by atoms with Gasteiger partial charge in [-0.2, -0.15) is 0 Å². The first-order valence-corrected chi connectivity index (χ1v) is 11.9. The van der Waals surface area contributed by atoms with Crippen molar-refractivity contribution in [1.82, 2.24) is 4.90 Å². The number of carbonyl (C=O) groups is 2. The third kappa shape index (κ3) is 3.70. The van der Waals surface area contributed by atoms with Crippen molar-refractivity contribution in [3.8, 4) is 11.5 Å². The lowest BCUT2D eigenvalue weighted by molar-refractivity contribution is -0.123. The van der Waals surface area contributed by atoms with Gasteiger partial charge in [0.15, 0.2) is 16.5 Å². The lowest BCUT2D eigenvalue weighted by Crippen LogP contribution is -2.50. The number of fused-ring (bicyclic) bond motifs is 2. The molecule has 0 aromatic heterocycles. The van der Waals surface area contributed by atoms with E-state index in [1.54, 1.807) is 54.5 Å². The minimum Gasteiger partial charge on any atom is -0.497 e. The van der Waals surface area contributed by atoms with Gasteiger partial charge in [0.2, 0.25) is 0 Å². The molecule has 1 unspecified atom stereocenters. The van der Waals surface area contributed by atoms with Gasteiger partial charge in [0.05, 0.1) is 26.5 Å². The van der Waals surface area contributed by atoms with Crippen molar-refractivity contribution in [1.29, 1.82) is 0 Å². The van der Waals surface area contributed by atoms with E-state index in [9.17, 15) is 18.4 Å². The number of hydrogen-bond donors (Lipinski definition) is 0. The molecule has 0 N–H and O–H groups in total. The third-order valence-electron chi connectivity index (χ3n) is 6.31. The fraction of sp³-hybridized carbons (Fsp3) is 0.231. The summed E-state index contributed by atoms with van der Waals surface area (Å²) < 4.78 is 38.0. The van der Waals surface area contributed by atoms with Gasteiger partial charge in [-0.1, -0.05) is 6.07 Å². The topological polar surface area (TPSA) is 59.1 Å². The zero-order valence-electron chi connectivity index (χ0n) is 19.1. The first-order chi connectivity index (χ1) is 16.9. The van der Waals surface area contributed by atoms with Crippen LogP contribution in [0.1, 0.15) is 21.5 Å². The molecule has 9 heteroatoms. The van der Waals surface area contributed by atoms with Gasteiger partial charge in [0.1, 0.15) is 11.5 Å². The molecule has 0 radical (unpaired) electrons. The Labute approximate surface area is 205 Å². The molecule has 2 heterocycles. The normalized spacial score (nSPS) is 18.8. The number of halogens is 2. The van der Waals surface area contributed by atoms with Crippen LogP contribution in [-0.4, -0.2) is 43.2 Å². The number of rotatable bonds is 5. The number of hydrogen-bond acceptors (Lipinski definition) is 5. The van der Waals surface area contributed by atoms with E-state index in [-0.39, 0.29) is 18.4 Å². The van der Waals surface area contributed by atoms with E-state index in [1.807, 2.05) is 0 Å². The second-order valence-electron chi connectivity index (χ2n) is 8.20. The summed E-state index contributed by atoms with van der Waals surface area (Å²) in [5, 5.41) is 0. The molecule has 6 nitrogen and oxygen atoms in total. The maximum absolute atomic E-state index is 14.1. The Morgan fingerprint density at radius 2 is 1.69 bits per heavy atom. The number of amides is 2. The van der Waals surface area contributed by atoms with Gasteiger partial charge in [-0.15, -0.1) is 11.8 Å². The highest BCUT2D eigenvalue weighted by atomic mass is 32.2. The van der Waals surface area contributed by atoms with Gasteiger partial charge in [-0.3, -0.25) is 9.59 Å². The highest BCUT2D eigenvalue weighted by Crippen LogP contribution is 2.55. The minimum absolute atomic E-state index is 0.0300. The minimum atomic E-state index is -1.29. The summed E-state index contributed by atoms with van der Waals surface area (Å²) >= 11 is 1.38. The quantitative estimate of drug-likeness (QED) is 0.518. The summed E-state index contributed by atoms with van der Waals surface area (Å²) in [7, 11) is 3.08. The fourth-order valence-electron chi connectivity index (χ4n) is 4.59. The smallest absolute Gasteiger partial charge is 0.268 e. The number of ether oxygens (including phenoxy) is 2. The van der Waals surface area contributed by atoms with Crippen LogP contribution < -0.4 is 14.4 Å². The van der Waals surface area contributed by atoms with Crippen molar-refractivity contribution in [2.75, 3.05) is 31.4 Å². The van der Waals surface area contributed by atoms with Gasteiger partial charge >= 0.3 is 0 Å². The van der Waals surface area contributed by atoms with Gasteiger partial charge in [-0.05, 0) is 60.2 Å². The van der Waals surface area contributed by atoms with Crippen molar-refractivity contribution in [3.63, 3.8) is 0 Å². The highest BCUT2D eigenvalue weighted by molar-refractivity contribution is 8.01. The summed E-state index contributed by atoms with van der Waals surface area (Å²) in [6.45, 7) is 0.402. The average Bonchev–Trinajstić information content (AvgIpc) is 3.42. The molecule has 3 aromatic rings. The summed E-state index contributed by atoms with van der Waals surface area (Å²) in [6, 6.07) is 15.6. The Hall–Kier alpha value is -3.59. The zero-order valence-corrected chi connectivity index (χ0v) is 19.9. The molecule has 1 fully saturated rings. The first-order valence-electron chi connectivity index (χ1n) is 10.9. The first kappa shape index (κ1) is 23.2. The molecule has 0 bridgehead atoms. The number of nitrogens with zero attached hydrogens (tertiary/aromatic N) is 2. The van der Waals surface area contributed by atoms with Gasteiger partial charge < -0.3 is 19.3 Å². The third-order valence-corrected chi connectivity index (χ3v) is 7.73. The second kappa shape index (κ2) is 8.88. The van der Waals surface area contributed by atoms with Crippen LogP contribution in [0.4, 0.5) is 14.5 Å². The summed E-state index contributed by atoms with van der Waals surface area (Å²) in [6.07, 6.45) is 0. The Morgan fingerprint density at radius 1 is 0.971 bits per heavy atom. The van der Waals surface area contributed by atoms with E-state index >= 15 is 0 Å². The molecule has 3 aromatic carbocycles. The zero-order chi connectivity index (χ0) is 24.7. The Morgan fingerprint density at radius 3 is 2.37 bits per heavy atom. The summed E-state index contributed by atoms with van der Waals surface area (Å²) in [4.78, 5) is 29.5. The lowest BCUT2D eigenvalue weighted by atomic mass is 10.0. The molecule has 0 saturated carbocycles. The molecule has 1 spiro atoms. The van der Waals surface area contributed by atoms with Crippen LogP contribution in [0.15, 0.2) is 60.7 Å². The largest absolute Gasteiger partial charge is 0.497 e. The van der Waals surface area contributed by atoms with E-state index < -0.39 is 16.5 Å². The van der Waals surface area contributed by atoms with Crippen LogP contribution in [-0.2, 0) is 16.2 Å². The van der Waals surface area contributed by atoms with E-state index in [0.717, 1.165) is 12.1 Å². The van der Waals surface area contributed by atoms with E-state index in [1.165, 1.54) is 29.8 Å². The van der Waals surface area contributed by atoms with Crippen LogP contribution in [0.2, 0.25) is 0 Å². The molecule has 2 aliphatic rings. The second-order valence-corrected chi connectivity index (χ2v) is 9.49. The number of benzene rings is 3. The molecule has 1 atom stereocenters. The van der Waals surface area contributed by atoms with Crippen molar-refractivity contribution in [2.45, 2.75) is 11.4 Å². The van der Waals surface area contributed by atoms with Crippen LogP contribution in [0.3, 0.4) is 0 Å². The molecule has 0 aliphatic carbocycles. The Balaban J connectivity index is 1.58. The van der Waals surface area contributed by atoms with E-state index in [2.05, 4.69) is 0 Å². The molecule has 5 rings (SSSR count). The molecular weight excluding hydrogens is 474 g/mol. The lowest BCUT2D eigenvalue weighted by Gasteiger charge is -2.33. The van der Waals surface area contributed by atoms with Crippen LogP contribution in [0, 0.1) is 11.6 Å². The number of carbonyl (C=O) groups excluding carboxylic acids is 2. The molecule has 2 aliphatic heterocycles. The average molecular weight is 497 g/mol. The van der Waals surface area contributed by atoms with Crippen molar-refractivity contribution < 1.29 is 27.8 Å². The number of thioether (sulfide) groups is 1. The molecule has 180 valence electrons. The van der Waals surface area contributed by atoms with Crippen molar-refractivity contribution in [3.05, 3.63) is 89.0 Å². The molecule has 1 saturated heterocycles. The summed E-state index contributed by atoms with van der Waals surface area (Å²) in [5.74, 6) is -0.796. The fourth-order valence-corrected chi connectivity index (χ4v) is 6.04. The SMILES string of the molecule is COc1ccc(C(=O)N2CCSC23C(=O)N(Cc2ccc(F)c(F)c2)c2ccc(OC)cc23)cc1. The van der Waals surface area contributed by atoms with Crippen LogP contribution in [0.5, 0.6) is 11.5 Å². The Kier molecular flexibility index (Phi) is 5.88. The monoisotopic (exact) mass is 496 g/mol. The van der Waals surface area contributed by atoms with Gasteiger partial charge in [-0.25, -0.2) is 8.78 Å². The molecule has 35 heavy (non-hydrogen) atoms. The molecular formula is C26H22F2N2O4S. The highest BCUT2D eigenvalue weighted by Gasteiger charge is 2.59. The van der Waals surface area contributed by atoms with E-state index in [0.29, 0.717) is 46.2 Å². The van der Waals surface area contributed by atoms with Gasteiger partial charge in [0.25, 0.3) is 11.8 Å². The standard InChI is InChI=1S/C26H22F2N2O4S/c1-33-18-6-4-17(5-7-18)24(31)30-11-12-35-26(30)20-14-19(34-2)8-10-23(20)29(25(26)32)15-16-3-9-21(27)22(28)13-16/h3-10,13-14H,11-12,15H2,1-2H3. The van der Waals surface area contributed by atoms with Crippen LogP contribution >= 0.6 is 11.8 Å². The van der Waals surface area contributed by atoms with Gasteiger partial charge in [0, 0.05) is 23.4 Å². The maximum atomic E-state index is 14.1. The van der Waals surface area contributed by atoms with Crippen molar-refractivity contribution >= 4 is 29.3 Å².